The number of carboxylic acids is 1. The first-order chi connectivity index (χ1) is 6.77. The molecule has 0 heterocycles. The van der Waals surface area contributed by atoms with Crippen LogP contribution in [-0.2, 0) is 9.59 Å². The minimum Gasteiger partial charge on any atom is -0.480 e. The zero-order valence-corrected chi connectivity index (χ0v) is 9.73. The lowest BCUT2D eigenvalue weighted by atomic mass is 10.0. The topological polar surface area (TPSA) is 83.6 Å². The lowest BCUT2D eigenvalue weighted by molar-refractivity contribution is -0.146. The van der Waals surface area contributed by atoms with Gasteiger partial charge in [0.25, 0.3) is 0 Å². The predicted octanol–water partition coefficient (Wildman–Crippen LogP) is 0.291. The van der Waals surface area contributed by atoms with Crippen molar-refractivity contribution >= 4 is 11.9 Å². The van der Waals surface area contributed by atoms with Crippen molar-refractivity contribution in [2.75, 3.05) is 6.54 Å². The molecule has 5 heteroatoms. The SMILES string of the molecule is CC(C)[C@H](N)C(=O)N(CC(=O)O)C(C)C. The highest BCUT2D eigenvalue weighted by atomic mass is 16.4. The predicted molar refractivity (Wildman–Crippen MR) is 57.3 cm³/mol. The molecular formula is C10H20N2O3. The van der Waals surface area contributed by atoms with Crippen LogP contribution in [0.5, 0.6) is 0 Å². The number of carboxylic acid groups (broad SMARTS) is 1. The Morgan fingerprint density at radius 3 is 2.00 bits per heavy atom. The van der Waals surface area contributed by atoms with Crippen molar-refractivity contribution in [3.63, 3.8) is 0 Å². The van der Waals surface area contributed by atoms with E-state index in [1.165, 1.54) is 4.90 Å². The largest absolute Gasteiger partial charge is 0.480 e. The zero-order valence-electron chi connectivity index (χ0n) is 9.73. The zero-order chi connectivity index (χ0) is 12.2. The van der Waals surface area contributed by atoms with Gasteiger partial charge in [-0.3, -0.25) is 9.59 Å². The average Bonchev–Trinajstić information content (AvgIpc) is 2.10. The quantitative estimate of drug-likeness (QED) is 0.692. The highest BCUT2D eigenvalue weighted by Gasteiger charge is 2.26. The van der Waals surface area contributed by atoms with Gasteiger partial charge in [-0.05, 0) is 19.8 Å². The van der Waals surface area contributed by atoms with E-state index in [4.69, 9.17) is 10.8 Å². The monoisotopic (exact) mass is 216 g/mol. The Morgan fingerprint density at radius 1 is 1.27 bits per heavy atom. The van der Waals surface area contributed by atoms with E-state index in [2.05, 4.69) is 0 Å². The fraction of sp³-hybridized carbons (Fsp3) is 0.800. The molecule has 0 aliphatic rings. The minimum absolute atomic E-state index is 0.00699. The summed E-state index contributed by atoms with van der Waals surface area (Å²) < 4.78 is 0. The lowest BCUT2D eigenvalue weighted by Gasteiger charge is -2.29. The number of carbonyl (C=O) groups is 2. The minimum atomic E-state index is -1.02. The molecule has 0 saturated carbocycles. The first kappa shape index (κ1) is 13.9. The van der Waals surface area contributed by atoms with Gasteiger partial charge in [-0.2, -0.15) is 0 Å². The molecule has 0 aromatic heterocycles. The van der Waals surface area contributed by atoms with Gasteiger partial charge in [0.1, 0.15) is 6.54 Å². The summed E-state index contributed by atoms with van der Waals surface area (Å²) in [5.41, 5.74) is 5.69. The summed E-state index contributed by atoms with van der Waals surface area (Å²) in [7, 11) is 0. The normalized spacial score (nSPS) is 13.0. The summed E-state index contributed by atoms with van der Waals surface area (Å²) in [6.07, 6.45) is 0. The Kier molecular flexibility index (Phi) is 5.28. The summed E-state index contributed by atoms with van der Waals surface area (Å²) in [6, 6.07) is -0.787. The molecule has 0 fully saturated rings. The van der Waals surface area contributed by atoms with Crippen LogP contribution < -0.4 is 5.73 Å². The standard InChI is InChI=1S/C10H20N2O3/c1-6(2)9(11)10(15)12(7(3)4)5-8(13)14/h6-7,9H,5,11H2,1-4H3,(H,13,14)/t9-/m0/s1. The van der Waals surface area contributed by atoms with Crippen LogP contribution in [0, 0.1) is 5.92 Å². The van der Waals surface area contributed by atoms with Crippen molar-refractivity contribution in [3.05, 3.63) is 0 Å². The molecule has 0 rings (SSSR count). The number of amides is 1. The Morgan fingerprint density at radius 2 is 1.73 bits per heavy atom. The van der Waals surface area contributed by atoms with E-state index in [9.17, 15) is 9.59 Å². The number of aliphatic carboxylic acids is 1. The van der Waals surface area contributed by atoms with Crippen LogP contribution in [0.1, 0.15) is 27.7 Å². The fourth-order valence-corrected chi connectivity index (χ4v) is 1.14. The molecule has 0 spiro atoms. The molecule has 5 nitrogen and oxygen atoms in total. The maximum Gasteiger partial charge on any atom is 0.323 e. The Hall–Kier alpha value is -1.10. The third kappa shape index (κ3) is 4.29. The number of carbonyl (C=O) groups excluding carboxylic acids is 1. The second-order valence-corrected chi connectivity index (χ2v) is 4.22. The molecule has 0 radical (unpaired) electrons. The van der Waals surface area contributed by atoms with Gasteiger partial charge in [-0.25, -0.2) is 0 Å². The fourth-order valence-electron chi connectivity index (χ4n) is 1.14. The average molecular weight is 216 g/mol. The first-order valence-electron chi connectivity index (χ1n) is 5.05. The highest BCUT2D eigenvalue weighted by Crippen LogP contribution is 2.06. The van der Waals surface area contributed by atoms with Crippen molar-refractivity contribution in [2.24, 2.45) is 11.7 Å². The van der Waals surface area contributed by atoms with E-state index >= 15 is 0 Å². The molecule has 3 N–H and O–H groups in total. The molecule has 0 aromatic rings. The summed E-state index contributed by atoms with van der Waals surface area (Å²) >= 11 is 0. The van der Waals surface area contributed by atoms with Gasteiger partial charge < -0.3 is 15.7 Å². The van der Waals surface area contributed by atoms with Gasteiger partial charge in [0.2, 0.25) is 5.91 Å². The maximum absolute atomic E-state index is 11.8. The highest BCUT2D eigenvalue weighted by molar-refractivity contribution is 5.85. The van der Waals surface area contributed by atoms with Crippen LogP contribution in [0.15, 0.2) is 0 Å². The van der Waals surface area contributed by atoms with Crippen molar-refractivity contribution in [2.45, 2.75) is 39.8 Å². The summed E-state index contributed by atoms with van der Waals surface area (Å²) in [5, 5.41) is 8.67. The van der Waals surface area contributed by atoms with Crippen LogP contribution in [0.4, 0.5) is 0 Å². The summed E-state index contributed by atoms with van der Waals surface area (Å²) in [4.78, 5) is 23.7. The molecular weight excluding hydrogens is 196 g/mol. The van der Waals surface area contributed by atoms with Gasteiger partial charge in [0.15, 0.2) is 0 Å². The molecule has 15 heavy (non-hydrogen) atoms. The van der Waals surface area contributed by atoms with Crippen molar-refractivity contribution in [1.82, 2.24) is 4.90 Å². The smallest absolute Gasteiger partial charge is 0.323 e. The van der Waals surface area contributed by atoms with Crippen molar-refractivity contribution in [1.29, 1.82) is 0 Å². The molecule has 0 aliphatic carbocycles. The van der Waals surface area contributed by atoms with Crippen molar-refractivity contribution < 1.29 is 14.7 Å². The van der Waals surface area contributed by atoms with Crippen LogP contribution in [0.2, 0.25) is 0 Å². The first-order valence-corrected chi connectivity index (χ1v) is 5.05. The molecule has 88 valence electrons. The molecule has 1 atom stereocenters. The van der Waals surface area contributed by atoms with E-state index in [1.54, 1.807) is 13.8 Å². The summed E-state index contributed by atoms with van der Waals surface area (Å²) in [5.74, 6) is -1.32. The van der Waals surface area contributed by atoms with Crippen LogP contribution >= 0.6 is 0 Å². The molecule has 0 unspecified atom stereocenters. The summed E-state index contributed by atoms with van der Waals surface area (Å²) in [6.45, 7) is 6.92. The third-order valence-corrected chi connectivity index (χ3v) is 2.22. The lowest BCUT2D eigenvalue weighted by Crippen LogP contribution is -2.50. The van der Waals surface area contributed by atoms with Crippen molar-refractivity contribution in [3.8, 4) is 0 Å². The number of hydrogen-bond acceptors (Lipinski definition) is 3. The van der Waals surface area contributed by atoms with Gasteiger partial charge in [0, 0.05) is 6.04 Å². The van der Waals surface area contributed by atoms with Gasteiger partial charge in [0.05, 0.1) is 6.04 Å². The van der Waals surface area contributed by atoms with Gasteiger partial charge in [-0.15, -0.1) is 0 Å². The van der Waals surface area contributed by atoms with Gasteiger partial charge in [-0.1, -0.05) is 13.8 Å². The maximum atomic E-state index is 11.8. The van der Waals surface area contributed by atoms with E-state index in [1.807, 2.05) is 13.8 Å². The van der Waals surface area contributed by atoms with Crippen LogP contribution in [-0.4, -0.2) is 40.5 Å². The number of rotatable bonds is 5. The van der Waals surface area contributed by atoms with E-state index in [0.717, 1.165) is 0 Å². The molecule has 0 aromatic carbocycles. The third-order valence-electron chi connectivity index (χ3n) is 2.22. The second kappa shape index (κ2) is 5.70. The Bertz CT molecular complexity index is 239. The number of nitrogens with zero attached hydrogens (tertiary/aromatic N) is 1. The number of nitrogens with two attached hydrogens (primary N) is 1. The Balaban J connectivity index is 4.62. The molecule has 0 saturated heterocycles. The van der Waals surface area contributed by atoms with Gasteiger partial charge >= 0.3 is 5.97 Å². The number of hydrogen-bond donors (Lipinski definition) is 2. The van der Waals surface area contributed by atoms with E-state index in [0.29, 0.717) is 0 Å². The van der Waals surface area contributed by atoms with Crippen LogP contribution in [0.3, 0.4) is 0 Å². The molecule has 1 amide bonds. The Labute approximate surface area is 90.2 Å². The molecule has 0 aliphatic heterocycles. The second-order valence-electron chi connectivity index (χ2n) is 4.22. The van der Waals surface area contributed by atoms with E-state index in [-0.39, 0.29) is 24.4 Å². The van der Waals surface area contributed by atoms with Crippen LogP contribution in [0.25, 0.3) is 0 Å². The van der Waals surface area contributed by atoms with E-state index < -0.39 is 12.0 Å². The molecule has 0 bridgehead atoms.